The second-order valence-corrected chi connectivity index (χ2v) is 4.33. The zero-order valence-corrected chi connectivity index (χ0v) is 10.8. The van der Waals surface area contributed by atoms with E-state index < -0.39 is 5.82 Å². The largest absolute Gasteiger partial charge is 0.381 e. The summed E-state index contributed by atoms with van der Waals surface area (Å²) in [5.41, 5.74) is 3.18. The molecule has 0 fully saturated rings. The Morgan fingerprint density at radius 2 is 1.79 bits per heavy atom. The first-order chi connectivity index (χ1) is 9.22. The highest BCUT2D eigenvalue weighted by Crippen LogP contribution is 2.15. The van der Waals surface area contributed by atoms with Crippen molar-refractivity contribution in [2.75, 3.05) is 5.32 Å². The fourth-order valence-electron chi connectivity index (χ4n) is 1.81. The van der Waals surface area contributed by atoms with Gasteiger partial charge in [0.2, 0.25) is 0 Å². The first kappa shape index (κ1) is 13.1. The minimum absolute atomic E-state index is 0.0675. The first-order valence-electron chi connectivity index (χ1n) is 6.24. The summed E-state index contributed by atoms with van der Waals surface area (Å²) in [7, 11) is 0. The van der Waals surface area contributed by atoms with Gasteiger partial charge in [-0.2, -0.15) is 5.26 Å². The van der Waals surface area contributed by atoms with Crippen LogP contribution in [0.4, 0.5) is 10.1 Å². The van der Waals surface area contributed by atoms with Crippen molar-refractivity contribution in [3.8, 4) is 6.07 Å². The third kappa shape index (κ3) is 3.32. The average Bonchev–Trinajstić information content (AvgIpc) is 2.46. The van der Waals surface area contributed by atoms with E-state index in [0.717, 1.165) is 12.0 Å². The summed E-state index contributed by atoms with van der Waals surface area (Å²) in [5, 5.41) is 11.8. The SMILES string of the molecule is CCc1ccc(CNc2ccc(C#N)c(F)c2)cc1. The third-order valence-electron chi connectivity index (χ3n) is 3.02. The van der Waals surface area contributed by atoms with Crippen molar-refractivity contribution in [2.24, 2.45) is 0 Å². The Morgan fingerprint density at radius 1 is 1.11 bits per heavy atom. The van der Waals surface area contributed by atoms with E-state index in [9.17, 15) is 4.39 Å². The summed E-state index contributed by atoms with van der Waals surface area (Å²) >= 11 is 0. The molecule has 1 N–H and O–H groups in total. The van der Waals surface area contributed by atoms with Crippen LogP contribution in [0.3, 0.4) is 0 Å². The summed E-state index contributed by atoms with van der Waals surface area (Å²) < 4.78 is 13.4. The molecule has 0 saturated heterocycles. The standard InChI is InChI=1S/C16H15FN2/c1-2-12-3-5-13(6-4-12)11-19-15-8-7-14(10-18)16(17)9-15/h3-9,19H,2,11H2,1H3. The van der Waals surface area contributed by atoms with Gasteiger partial charge in [-0.1, -0.05) is 31.2 Å². The van der Waals surface area contributed by atoms with Gasteiger partial charge in [0.15, 0.2) is 0 Å². The van der Waals surface area contributed by atoms with Gasteiger partial charge in [0, 0.05) is 12.2 Å². The summed E-state index contributed by atoms with van der Waals surface area (Å²) in [5.74, 6) is -0.492. The molecule has 0 heterocycles. The molecule has 2 aromatic rings. The van der Waals surface area contributed by atoms with Gasteiger partial charge >= 0.3 is 0 Å². The molecule has 2 nitrogen and oxygen atoms in total. The van der Waals surface area contributed by atoms with Crippen LogP contribution in [0.2, 0.25) is 0 Å². The van der Waals surface area contributed by atoms with Gasteiger partial charge in [-0.25, -0.2) is 4.39 Å². The van der Waals surface area contributed by atoms with Crippen molar-refractivity contribution in [1.82, 2.24) is 0 Å². The van der Waals surface area contributed by atoms with Gasteiger partial charge in [0.1, 0.15) is 11.9 Å². The lowest BCUT2D eigenvalue weighted by Gasteiger charge is -2.07. The monoisotopic (exact) mass is 254 g/mol. The van der Waals surface area contributed by atoms with E-state index in [1.165, 1.54) is 17.7 Å². The molecule has 0 radical (unpaired) electrons. The van der Waals surface area contributed by atoms with Crippen LogP contribution in [0, 0.1) is 17.1 Å². The van der Waals surface area contributed by atoms with E-state index in [2.05, 4.69) is 36.5 Å². The van der Waals surface area contributed by atoms with Crippen molar-refractivity contribution in [3.63, 3.8) is 0 Å². The van der Waals surface area contributed by atoms with Crippen LogP contribution < -0.4 is 5.32 Å². The highest BCUT2D eigenvalue weighted by atomic mass is 19.1. The average molecular weight is 254 g/mol. The van der Waals surface area contributed by atoms with E-state index in [0.29, 0.717) is 12.2 Å². The molecule has 2 aromatic carbocycles. The molecule has 2 rings (SSSR count). The molecule has 3 heteroatoms. The maximum Gasteiger partial charge on any atom is 0.143 e. The first-order valence-corrected chi connectivity index (χ1v) is 6.24. The highest BCUT2D eigenvalue weighted by molar-refractivity contribution is 5.48. The number of nitriles is 1. The van der Waals surface area contributed by atoms with Crippen molar-refractivity contribution >= 4 is 5.69 Å². The van der Waals surface area contributed by atoms with Gasteiger partial charge < -0.3 is 5.32 Å². The zero-order chi connectivity index (χ0) is 13.7. The minimum Gasteiger partial charge on any atom is -0.381 e. The molecule has 0 saturated carbocycles. The quantitative estimate of drug-likeness (QED) is 0.899. The number of hydrogen-bond donors (Lipinski definition) is 1. The maximum absolute atomic E-state index is 13.4. The predicted octanol–water partition coefficient (Wildman–Crippen LogP) is 3.87. The number of rotatable bonds is 4. The Labute approximate surface area is 112 Å². The third-order valence-corrected chi connectivity index (χ3v) is 3.02. The van der Waals surface area contributed by atoms with Crippen LogP contribution in [0.25, 0.3) is 0 Å². The number of anilines is 1. The van der Waals surface area contributed by atoms with E-state index in [-0.39, 0.29) is 5.56 Å². The molecule has 0 aliphatic heterocycles. The molecule has 0 unspecified atom stereocenters. The molecular formula is C16H15FN2. The highest BCUT2D eigenvalue weighted by Gasteiger charge is 2.02. The van der Waals surface area contributed by atoms with Crippen LogP contribution >= 0.6 is 0 Å². The number of nitrogens with one attached hydrogen (secondary N) is 1. The second kappa shape index (κ2) is 6.01. The summed E-state index contributed by atoms with van der Waals surface area (Å²) in [6.07, 6.45) is 1.02. The zero-order valence-electron chi connectivity index (χ0n) is 10.8. The van der Waals surface area contributed by atoms with Crippen LogP contribution in [0.15, 0.2) is 42.5 Å². The normalized spacial score (nSPS) is 9.95. The molecular weight excluding hydrogens is 239 g/mol. The van der Waals surface area contributed by atoms with E-state index in [4.69, 9.17) is 5.26 Å². The Morgan fingerprint density at radius 3 is 2.37 bits per heavy atom. The van der Waals surface area contributed by atoms with E-state index in [1.54, 1.807) is 12.1 Å². The van der Waals surface area contributed by atoms with Crippen LogP contribution in [-0.4, -0.2) is 0 Å². The van der Waals surface area contributed by atoms with Crippen molar-refractivity contribution in [1.29, 1.82) is 5.26 Å². The molecule has 0 bridgehead atoms. The molecule has 0 atom stereocenters. The Balaban J connectivity index is 2.02. The van der Waals surface area contributed by atoms with Gasteiger partial charge in [-0.3, -0.25) is 0 Å². The summed E-state index contributed by atoms with van der Waals surface area (Å²) in [6, 6.07) is 14.7. The molecule has 96 valence electrons. The van der Waals surface area contributed by atoms with E-state index >= 15 is 0 Å². The molecule has 0 spiro atoms. The number of halogens is 1. The number of aryl methyl sites for hydroxylation is 1. The smallest absolute Gasteiger partial charge is 0.143 e. The van der Waals surface area contributed by atoms with Crippen molar-refractivity contribution < 1.29 is 4.39 Å². The van der Waals surface area contributed by atoms with Crippen molar-refractivity contribution in [3.05, 3.63) is 65.0 Å². The fourth-order valence-corrected chi connectivity index (χ4v) is 1.81. The topological polar surface area (TPSA) is 35.8 Å². The molecule has 0 aliphatic carbocycles. The lowest BCUT2D eigenvalue weighted by atomic mass is 10.1. The summed E-state index contributed by atoms with van der Waals surface area (Å²) in [4.78, 5) is 0. The number of nitrogens with zero attached hydrogens (tertiary/aromatic N) is 1. The predicted molar refractivity (Wildman–Crippen MR) is 74.3 cm³/mol. The van der Waals surface area contributed by atoms with E-state index in [1.807, 2.05) is 0 Å². The van der Waals surface area contributed by atoms with Gasteiger partial charge in [0.05, 0.1) is 5.56 Å². The Kier molecular flexibility index (Phi) is 4.15. The lowest BCUT2D eigenvalue weighted by Crippen LogP contribution is -2.00. The molecule has 0 aromatic heterocycles. The Bertz CT molecular complexity index is 597. The molecule has 0 amide bonds. The molecule has 0 aliphatic rings. The fraction of sp³-hybridized carbons (Fsp3) is 0.188. The van der Waals surface area contributed by atoms with Gasteiger partial charge in [-0.05, 0) is 35.7 Å². The number of hydrogen-bond acceptors (Lipinski definition) is 2. The van der Waals surface area contributed by atoms with Crippen LogP contribution in [0.1, 0.15) is 23.6 Å². The second-order valence-electron chi connectivity index (χ2n) is 4.33. The van der Waals surface area contributed by atoms with Gasteiger partial charge in [-0.15, -0.1) is 0 Å². The minimum atomic E-state index is -0.492. The maximum atomic E-state index is 13.4. The van der Waals surface area contributed by atoms with Crippen LogP contribution in [-0.2, 0) is 13.0 Å². The number of benzene rings is 2. The molecule has 19 heavy (non-hydrogen) atoms. The lowest BCUT2D eigenvalue weighted by molar-refractivity contribution is 0.624. The summed E-state index contributed by atoms with van der Waals surface area (Å²) in [6.45, 7) is 2.75. The van der Waals surface area contributed by atoms with Crippen LogP contribution in [0.5, 0.6) is 0 Å². The Hall–Kier alpha value is -2.34. The van der Waals surface area contributed by atoms with Crippen molar-refractivity contribution in [2.45, 2.75) is 19.9 Å². The van der Waals surface area contributed by atoms with Gasteiger partial charge in [0.25, 0.3) is 0 Å².